The quantitative estimate of drug-likeness (QED) is 0.363. The van der Waals surface area contributed by atoms with E-state index in [4.69, 9.17) is 5.11 Å². The molecule has 78 valence electrons. The monoisotopic (exact) mass is 190 g/mol. The van der Waals surface area contributed by atoms with Gasteiger partial charge in [-0.25, -0.2) is 4.79 Å². The van der Waals surface area contributed by atoms with E-state index in [-0.39, 0.29) is 0 Å². The average molecular weight is 190 g/mol. The zero-order valence-electron chi connectivity index (χ0n) is 8.12. The van der Waals surface area contributed by atoms with Crippen molar-refractivity contribution in [1.29, 1.82) is 0 Å². The topological polar surface area (TPSA) is 55.8 Å². The van der Waals surface area contributed by atoms with Crippen molar-refractivity contribution in [3.63, 3.8) is 0 Å². The Kier molecular flexibility index (Phi) is 8.77. The number of carboxylic acid groups (broad SMARTS) is 1. The molecule has 0 radical (unpaired) electrons. The maximum Gasteiger partial charge on any atom is 0.537 e. The fourth-order valence-corrected chi connectivity index (χ4v) is 1.03. The first kappa shape index (κ1) is 12.2. The molecule has 4 heteroatoms. The summed E-state index contributed by atoms with van der Waals surface area (Å²) in [7, 11) is 0. The molecule has 0 spiro atoms. The number of unbranched alkanes of at least 4 members (excludes halogenated alkanes) is 5. The minimum absolute atomic E-state index is 0.360. The second kappa shape index (κ2) is 9.32. The van der Waals surface area contributed by atoms with Gasteiger partial charge in [0.05, 0.1) is 6.61 Å². The first-order valence-electron chi connectivity index (χ1n) is 4.79. The Labute approximate surface area is 78.8 Å². The molecular weight excluding hydrogens is 172 g/mol. The van der Waals surface area contributed by atoms with E-state index in [1.165, 1.54) is 25.7 Å². The summed E-state index contributed by atoms with van der Waals surface area (Å²) in [4.78, 5) is 18.1. The van der Waals surface area contributed by atoms with Crippen LogP contribution in [0, 0.1) is 0 Å². The molecule has 0 saturated carbocycles. The van der Waals surface area contributed by atoms with E-state index in [9.17, 15) is 4.79 Å². The Morgan fingerprint density at radius 1 is 1.15 bits per heavy atom. The van der Waals surface area contributed by atoms with Crippen molar-refractivity contribution in [3.05, 3.63) is 0 Å². The van der Waals surface area contributed by atoms with Crippen LogP contribution in [-0.4, -0.2) is 17.9 Å². The Bertz CT molecular complexity index is 125. The summed E-state index contributed by atoms with van der Waals surface area (Å²) in [6.45, 7) is 2.53. The van der Waals surface area contributed by atoms with Gasteiger partial charge in [-0.3, -0.25) is 4.89 Å². The second-order valence-electron chi connectivity index (χ2n) is 2.94. The van der Waals surface area contributed by atoms with Crippen molar-refractivity contribution >= 4 is 6.16 Å². The van der Waals surface area contributed by atoms with E-state index in [1.807, 2.05) is 0 Å². The molecule has 0 unspecified atom stereocenters. The van der Waals surface area contributed by atoms with Gasteiger partial charge in [0.25, 0.3) is 0 Å². The maximum atomic E-state index is 9.83. The predicted octanol–water partition coefficient (Wildman–Crippen LogP) is 2.97. The molecule has 0 bridgehead atoms. The highest BCUT2D eigenvalue weighted by molar-refractivity contribution is 5.55. The van der Waals surface area contributed by atoms with Crippen molar-refractivity contribution < 1.29 is 19.7 Å². The lowest BCUT2D eigenvalue weighted by Crippen LogP contribution is -2.02. The van der Waals surface area contributed by atoms with Gasteiger partial charge < -0.3 is 5.11 Å². The first-order valence-corrected chi connectivity index (χ1v) is 4.79. The summed E-state index contributed by atoms with van der Waals surface area (Å²) >= 11 is 0. The average Bonchev–Trinajstić information content (AvgIpc) is 2.09. The highest BCUT2D eigenvalue weighted by atomic mass is 17.2. The number of rotatable bonds is 8. The Morgan fingerprint density at radius 3 is 2.38 bits per heavy atom. The summed E-state index contributed by atoms with van der Waals surface area (Å²) in [5.41, 5.74) is 0. The lowest BCUT2D eigenvalue weighted by molar-refractivity contribution is -0.251. The van der Waals surface area contributed by atoms with Crippen LogP contribution in [0.5, 0.6) is 0 Å². The molecule has 0 aliphatic heterocycles. The van der Waals surface area contributed by atoms with Gasteiger partial charge in [0, 0.05) is 0 Å². The number of hydrogen-bond donors (Lipinski definition) is 1. The minimum atomic E-state index is -1.38. The van der Waals surface area contributed by atoms with Crippen LogP contribution < -0.4 is 0 Å². The molecule has 1 N–H and O–H groups in total. The van der Waals surface area contributed by atoms with Crippen LogP contribution in [0.1, 0.15) is 45.4 Å². The maximum absolute atomic E-state index is 9.83. The summed E-state index contributed by atoms with van der Waals surface area (Å²) in [5, 5.41) is 8.04. The summed E-state index contributed by atoms with van der Waals surface area (Å²) < 4.78 is 0. The molecule has 0 saturated heterocycles. The van der Waals surface area contributed by atoms with Crippen LogP contribution in [0.2, 0.25) is 0 Å². The van der Waals surface area contributed by atoms with E-state index in [0.717, 1.165) is 12.8 Å². The third kappa shape index (κ3) is 11.2. The van der Waals surface area contributed by atoms with E-state index < -0.39 is 6.16 Å². The molecule has 0 fully saturated rings. The molecule has 0 rings (SSSR count). The zero-order chi connectivity index (χ0) is 9.94. The van der Waals surface area contributed by atoms with Crippen molar-refractivity contribution in [3.8, 4) is 0 Å². The van der Waals surface area contributed by atoms with Crippen LogP contribution in [0.25, 0.3) is 0 Å². The van der Waals surface area contributed by atoms with Crippen molar-refractivity contribution in [2.45, 2.75) is 45.4 Å². The largest absolute Gasteiger partial charge is 0.537 e. The van der Waals surface area contributed by atoms with Crippen molar-refractivity contribution in [2.75, 3.05) is 6.61 Å². The lowest BCUT2D eigenvalue weighted by Gasteiger charge is -2.00. The Morgan fingerprint density at radius 2 is 1.77 bits per heavy atom. The fourth-order valence-electron chi connectivity index (χ4n) is 1.03. The second-order valence-corrected chi connectivity index (χ2v) is 2.94. The molecule has 0 aliphatic carbocycles. The van der Waals surface area contributed by atoms with Gasteiger partial charge in [0.1, 0.15) is 0 Å². The Balaban J connectivity index is 2.87. The van der Waals surface area contributed by atoms with Crippen LogP contribution >= 0.6 is 0 Å². The summed E-state index contributed by atoms with van der Waals surface area (Å²) in [6.07, 6.45) is 5.48. The molecule has 13 heavy (non-hydrogen) atoms. The molecule has 0 aromatic heterocycles. The standard InChI is InChI=1S/C9H18O4/c1-2-3-4-5-6-7-8-12-13-9(10)11/h2-8H2,1H3,(H,10,11). The van der Waals surface area contributed by atoms with Gasteiger partial charge in [-0.2, -0.15) is 4.89 Å². The molecule has 0 amide bonds. The molecular formula is C9H18O4. The van der Waals surface area contributed by atoms with E-state index >= 15 is 0 Å². The molecule has 0 heterocycles. The summed E-state index contributed by atoms with van der Waals surface area (Å²) in [5.74, 6) is 0. The van der Waals surface area contributed by atoms with Crippen molar-refractivity contribution in [1.82, 2.24) is 0 Å². The number of carbonyl (C=O) groups is 1. The fraction of sp³-hybridized carbons (Fsp3) is 0.889. The van der Waals surface area contributed by atoms with Crippen LogP contribution in [0.15, 0.2) is 0 Å². The highest BCUT2D eigenvalue weighted by Crippen LogP contribution is 2.04. The first-order chi connectivity index (χ1) is 6.27. The zero-order valence-corrected chi connectivity index (χ0v) is 8.12. The van der Waals surface area contributed by atoms with Crippen molar-refractivity contribution in [2.24, 2.45) is 0 Å². The van der Waals surface area contributed by atoms with Gasteiger partial charge in [0.15, 0.2) is 0 Å². The van der Waals surface area contributed by atoms with Gasteiger partial charge in [0.2, 0.25) is 0 Å². The van der Waals surface area contributed by atoms with Crippen LogP contribution in [0.3, 0.4) is 0 Å². The summed E-state index contributed by atoms with van der Waals surface area (Å²) in [6, 6.07) is 0. The highest BCUT2D eigenvalue weighted by Gasteiger charge is 1.96. The van der Waals surface area contributed by atoms with Gasteiger partial charge >= 0.3 is 6.16 Å². The molecule has 0 aromatic carbocycles. The SMILES string of the molecule is CCCCCCCCOOC(=O)O. The Hall–Kier alpha value is -0.770. The van der Waals surface area contributed by atoms with E-state index in [2.05, 4.69) is 16.7 Å². The van der Waals surface area contributed by atoms with Gasteiger partial charge in [-0.15, -0.1) is 0 Å². The van der Waals surface area contributed by atoms with Crippen LogP contribution in [-0.2, 0) is 9.78 Å². The minimum Gasteiger partial charge on any atom is -0.448 e. The van der Waals surface area contributed by atoms with Gasteiger partial charge in [-0.05, 0) is 6.42 Å². The third-order valence-corrected chi connectivity index (χ3v) is 1.71. The normalized spacial score (nSPS) is 9.92. The van der Waals surface area contributed by atoms with E-state index in [0.29, 0.717) is 6.61 Å². The molecule has 0 aromatic rings. The predicted molar refractivity (Wildman–Crippen MR) is 48.4 cm³/mol. The molecule has 0 aliphatic rings. The third-order valence-electron chi connectivity index (χ3n) is 1.71. The van der Waals surface area contributed by atoms with Gasteiger partial charge in [-0.1, -0.05) is 39.0 Å². The number of hydrogen-bond acceptors (Lipinski definition) is 3. The smallest absolute Gasteiger partial charge is 0.448 e. The van der Waals surface area contributed by atoms with E-state index in [1.54, 1.807) is 0 Å². The van der Waals surface area contributed by atoms with Crippen LogP contribution in [0.4, 0.5) is 4.79 Å². The lowest BCUT2D eigenvalue weighted by atomic mass is 10.1. The molecule has 0 atom stereocenters. The molecule has 4 nitrogen and oxygen atoms in total.